The average Bonchev–Trinajstić information content (AvgIpc) is 3.83. The molecule has 0 bridgehead atoms. The third kappa shape index (κ3) is 3.85. The average molecular weight is 603 g/mol. The fraction of sp³-hybridized carbons (Fsp3) is 0.111. The molecule has 0 radical (unpaired) electrons. The third-order valence-corrected chi connectivity index (χ3v) is 10.9. The summed E-state index contributed by atoms with van der Waals surface area (Å²) in [5.41, 5.74) is 13.1. The Bertz CT molecular complexity index is 2470. The van der Waals surface area contributed by atoms with Crippen molar-refractivity contribution in [3.63, 3.8) is 0 Å². The number of hydrogen-bond donors (Lipinski definition) is 0. The number of fused-ring (bicyclic) bond motifs is 9. The highest BCUT2D eigenvalue weighted by molar-refractivity contribution is 6.11. The van der Waals surface area contributed by atoms with Crippen molar-refractivity contribution in [3.8, 4) is 16.8 Å². The van der Waals surface area contributed by atoms with Crippen molar-refractivity contribution in [1.82, 2.24) is 4.57 Å². The van der Waals surface area contributed by atoms with Crippen molar-refractivity contribution in [2.24, 2.45) is 0 Å². The predicted octanol–water partition coefficient (Wildman–Crippen LogP) is 12.2. The minimum Gasteiger partial charge on any atom is -0.310 e. The van der Waals surface area contributed by atoms with Gasteiger partial charge in [-0.05, 0) is 89.0 Å². The van der Waals surface area contributed by atoms with E-state index in [1.165, 1.54) is 97.6 Å². The molecule has 2 aliphatic rings. The Labute approximate surface area is 275 Å². The molecule has 8 aromatic rings. The topological polar surface area (TPSA) is 8.17 Å². The summed E-state index contributed by atoms with van der Waals surface area (Å²) in [4.78, 5) is 2.50. The molecule has 224 valence electrons. The van der Waals surface area contributed by atoms with Crippen LogP contribution in [0.5, 0.6) is 0 Å². The molecule has 0 amide bonds. The zero-order valence-corrected chi connectivity index (χ0v) is 26.2. The normalized spacial score (nSPS) is 14.6. The van der Waals surface area contributed by atoms with Gasteiger partial charge in [-0.1, -0.05) is 122 Å². The first-order chi connectivity index (χ1) is 23.3. The Hall–Kier alpha value is -5.60. The van der Waals surface area contributed by atoms with Gasteiger partial charge in [0.15, 0.2) is 0 Å². The molecule has 1 aromatic heterocycles. The Morgan fingerprint density at radius 2 is 1.13 bits per heavy atom. The number of hydrogen-bond acceptors (Lipinski definition) is 1. The van der Waals surface area contributed by atoms with Crippen molar-refractivity contribution in [2.45, 2.75) is 31.1 Å². The maximum atomic E-state index is 2.53. The van der Waals surface area contributed by atoms with Crippen LogP contribution in [0.1, 0.15) is 36.8 Å². The van der Waals surface area contributed by atoms with Gasteiger partial charge in [0.25, 0.3) is 0 Å². The van der Waals surface area contributed by atoms with Gasteiger partial charge in [0.2, 0.25) is 0 Å². The van der Waals surface area contributed by atoms with E-state index in [0.717, 1.165) is 5.69 Å². The van der Waals surface area contributed by atoms with Crippen molar-refractivity contribution in [3.05, 3.63) is 169 Å². The quantitative estimate of drug-likeness (QED) is 0.195. The lowest BCUT2D eigenvalue weighted by atomic mass is 9.76. The molecule has 0 saturated heterocycles. The van der Waals surface area contributed by atoms with Gasteiger partial charge in [-0.15, -0.1) is 0 Å². The van der Waals surface area contributed by atoms with E-state index in [4.69, 9.17) is 0 Å². The Morgan fingerprint density at radius 1 is 0.468 bits per heavy atom. The van der Waals surface area contributed by atoms with E-state index in [1.54, 1.807) is 0 Å². The number of anilines is 3. The largest absolute Gasteiger partial charge is 0.310 e. The molecule has 47 heavy (non-hydrogen) atoms. The molecule has 0 atom stereocenters. The molecule has 1 heterocycles. The second-order valence-electron chi connectivity index (χ2n) is 13.3. The highest BCUT2D eigenvalue weighted by atomic mass is 15.1. The summed E-state index contributed by atoms with van der Waals surface area (Å²) in [6.45, 7) is 0. The van der Waals surface area contributed by atoms with Crippen LogP contribution in [0.25, 0.3) is 49.4 Å². The lowest BCUT2D eigenvalue weighted by molar-refractivity contribution is 0.550. The fourth-order valence-electron chi connectivity index (χ4n) is 8.88. The van der Waals surface area contributed by atoms with Gasteiger partial charge < -0.3 is 9.47 Å². The van der Waals surface area contributed by atoms with Crippen LogP contribution in [0.2, 0.25) is 0 Å². The second kappa shape index (κ2) is 10.2. The summed E-state index contributed by atoms with van der Waals surface area (Å²) in [6, 6.07) is 58.5. The van der Waals surface area contributed by atoms with Crippen LogP contribution in [0.4, 0.5) is 17.1 Å². The molecule has 10 rings (SSSR count). The molecule has 0 aliphatic heterocycles. The smallest absolute Gasteiger partial charge is 0.0561 e. The molecule has 2 heteroatoms. The van der Waals surface area contributed by atoms with Gasteiger partial charge in [-0.25, -0.2) is 0 Å². The first-order valence-corrected chi connectivity index (χ1v) is 16.9. The lowest BCUT2D eigenvalue weighted by Crippen LogP contribution is -2.21. The first kappa shape index (κ1) is 26.6. The van der Waals surface area contributed by atoms with Gasteiger partial charge in [0.1, 0.15) is 0 Å². The maximum Gasteiger partial charge on any atom is 0.0561 e. The Kier molecular flexibility index (Phi) is 5.77. The van der Waals surface area contributed by atoms with Crippen LogP contribution in [0, 0.1) is 0 Å². The van der Waals surface area contributed by atoms with Crippen LogP contribution in [-0.2, 0) is 5.41 Å². The minimum atomic E-state index is 0.107. The summed E-state index contributed by atoms with van der Waals surface area (Å²) in [5, 5.41) is 5.03. The fourth-order valence-corrected chi connectivity index (χ4v) is 8.88. The van der Waals surface area contributed by atoms with E-state index in [-0.39, 0.29) is 5.41 Å². The van der Waals surface area contributed by atoms with Gasteiger partial charge in [0, 0.05) is 38.6 Å². The standard InChI is InChI=1S/C45H34N2/c1-2-15-32(16-3-1)47-43-21-9-7-19-38(43)39-26-24-34(30-44(39)47)46(42-22-12-14-31-13-4-5-17-35(31)42)33-23-25-37-36-18-6-8-20-40(36)45(41(37)29-33)27-10-11-28-45/h1-9,12-26,29-30H,10-11,27-28H2. The van der Waals surface area contributed by atoms with Crippen molar-refractivity contribution >= 4 is 49.6 Å². The van der Waals surface area contributed by atoms with Gasteiger partial charge in [-0.2, -0.15) is 0 Å². The third-order valence-electron chi connectivity index (χ3n) is 10.9. The number of rotatable bonds is 4. The summed E-state index contributed by atoms with van der Waals surface area (Å²) in [5.74, 6) is 0. The van der Waals surface area contributed by atoms with E-state index in [1.807, 2.05) is 0 Å². The molecule has 1 fully saturated rings. The number of aromatic nitrogens is 1. The van der Waals surface area contributed by atoms with E-state index in [2.05, 4.69) is 167 Å². The first-order valence-electron chi connectivity index (χ1n) is 16.9. The van der Waals surface area contributed by atoms with Crippen LogP contribution in [0.3, 0.4) is 0 Å². The molecule has 0 N–H and O–H groups in total. The molecule has 1 saturated carbocycles. The highest BCUT2D eigenvalue weighted by Gasteiger charge is 2.45. The van der Waals surface area contributed by atoms with Gasteiger partial charge in [0.05, 0.1) is 16.7 Å². The van der Waals surface area contributed by atoms with Crippen LogP contribution in [-0.4, -0.2) is 4.57 Å². The molecule has 0 unspecified atom stereocenters. The van der Waals surface area contributed by atoms with E-state index in [0.29, 0.717) is 0 Å². The van der Waals surface area contributed by atoms with Crippen molar-refractivity contribution in [2.75, 3.05) is 4.90 Å². The Balaban J connectivity index is 1.25. The molecular formula is C45H34N2. The SMILES string of the molecule is c1ccc(-n2c3ccccc3c3ccc(N(c4ccc5c(c4)C4(CCCC4)c4ccccc4-5)c4cccc5ccccc45)cc32)cc1. The van der Waals surface area contributed by atoms with E-state index in [9.17, 15) is 0 Å². The van der Waals surface area contributed by atoms with Crippen molar-refractivity contribution in [1.29, 1.82) is 0 Å². The van der Waals surface area contributed by atoms with E-state index < -0.39 is 0 Å². The highest BCUT2D eigenvalue weighted by Crippen LogP contribution is 2.58. The summed E-state index contributed by atoms with van der Waals surface area (Å²) >= 11 is 0. The second-order valence-corrected chi connectivity index (χ2v) is 13.3. The molecule has 7 aromatic carbocycles. The van der Waals surface area contributed by atoms with Crippen LogP contribution < -0.4 is 4.90 Å². The zero-order chi connectivity index (χ0) is 31.0. The minimum absolute atomic E-state index is 0.107. The molecule has 1 spiro atoms. The number of para-hydroxylation sites is 2. The summed E-state index contributed by atoms with van der Waals surface area (Å²) in [6.07, 6.45) is 5.01. The number of benzene rings is 7. The van der Waals surface area contributed by atoms with Crippen molar-refractivity contribution < 1.29 is 0 Å². The zero-order valence-electron chi connectivity index (χ0n) is 26.2. The number of nitrogens with zero attached hydrogens (tertiary/aromatic N) is 2. The van der Waals surface area contributed by atoms with Gasteiger partial charge in [-0.3, -0.25) is 0 Å². The van der Waals surface area contributed by atoms with Gasteiger partial charge >= 0.3 is 0 Å². The molecule has 2 aliphatic carbocycles. The summed E-state index contributed by atoms with van der Waals surface area (Å²) < 4.78 is 2.42. The lowest BCUT2D eigenvalue weighted by Gasteiger charge is -2.30. The Morgan fingerprint density at radius 3 is 2.02 bits per heavy atom. The summed E-state index contributed by atoms with van der Waals surface area (Å²) in [7, 11) is 0. The molecular weight excluding hydrogens is 569 g/mol. The van der Waals surface area contributed by atoms with Crippen LogP contribution in [0.15, 0.2) is 158 Å². The van der Waals surface area contributed by atoms with Crippen LogP contribution >= 0.6 is 0 Å². The predicted molar refractivity (Wildman–Crippen MR) is 198 cm³/mol. The maximum absolute atomic E-state index is 2.53. The molecule has 2 nitrogen and oxygen atoms in total. The van der Waals surface area contributed by atoms with E-state index >= 15 is 0 Å². The monoisotopic (exact) mass is 602 g/mol.